The van der Waals surface area contributed by atoms with E-state index in [4.69, 9.17) is 4.74 Å². The minimum absolute atomic E-state index is 0.00769. The fraction of sp³-hybridized carbons (Fsp3) is 0.167. The number of para-hydroxylation sites is 3. The molecule has 112 valence electrons. The van der Waals surface area contributed by atoms with Gasteiger partial charge in [0.15, 0.2) is 0 Å². The molecule has 1 heterocycles. The van der Waals surface area contributed by atoms with Gasteiger partial charge in [-0.3, -0.25) is 4.79 Å². The number of aryl methyl sites for hydroxylation is 1. The van der Waals surface area contributed by atoms with Crippen molar-refractivity contribution in [1.82, 2.24) is 0 Å². The minimum Gasteiger partial charge on any atom is -0.495 e. The smallest absolute Gasteiger partial charge is 0.253 e. The van der Waals surface area contributed by atoms with Gasteiger partial charge >= 0.3 is 0 Å². The van der Waals surface area contributed by atoms with E-state index in [0.717, 1.165) is 28.4 Å². The predicted octanol–water partition coefficient (Wildman–Crippen LogP) is 3.35. The fourth-order valence-corrected chi connectivity index (χ4v) is 2.59. The molecule has 0 bridgehead atoms. The van der Waals surface area contributed by atoms with Crippen molar-refractivity contribution in [3.63, 3.8) is 0 Å². The van der Waals surface area contributed by atoms with E-state index in [2.05, 4.69) is 5.32 Å². The van der Waals surface area contributed by atoms with Gasteiger partial charge in [0.25, 0.3) is 5.91 Å². The maximum atomic E-state index is 12.3. The molecule has 4 heteroatoms. The first-order chi connectivity index (χ1) is 10.7. The molecule has 22 heavy (non-hydrogen) atoms. The Morgan fingerprint density at radius 3 is 2.59 bits per heavy atom. The van der Waals surface area contributed by atoms with E-state index in [0.29, 0.717) is 6.54 Å². The summed E-state index contributed by atoms with van der Waals surface area (Å²) in [6.45, 7) is 2.54. The number of nitrogens with zero attached hydrogens (tertiary/aromatic N) is 1. The monoisotopic (exact) mass is 294 g/mol. The molecule has 4 nitrogen and oxygen atoms in total. The van der Waals surface area contributed by atoms with Gasteiger partial charge in [-0.1, -0.05) is 30.3 Å². The summed E-state index contributed by atoms with van der Waals surface area (Å²) in [5.41, 5.74) is 3.75. The van der Waals surface area contributed by atoms with E-state index in [-0.39, 0.29) is 5.91 Å². The zero-order chi connectivity index (χ0) is 15.5. The Balaban J connectivity index is 1.80. The first-order valence-corrected chi connectivity index (χ1v) is 7.17. The number of benzene rings is 2. The summed E-state index contributed by atoms with van der Waals surface area (Å²) < 4.78 is 5.32. The lowest BCUT2D eigenvalue weighted by atomic mass is 10.2. The Labute approximate surface area is 130 Å². The average Bonchev–Trinajstić information content (AvgIpc) is 2.89. The highest BCUT2D eigenvalue weighted by atomic mass is 16.5. The molecular weight excluding hydrogens is 276 g/mol. The van der Waals surface area contributed by atoms with Crippen LogP contribution in [-0.4, -0.2) is 19.6 Å². The van der Waals surface area contributed by atoms with Gasteiger partial charge in [-0.05, 0) is 30.7 Å². The van der Waals surface area contributed by atoms with Gasteiger partial charge in [0.1, 0.15) is 5.75 Å². The zero-order valence-electron chi connectivity index (χ0n) is 12.7. The number of methoxy groups -OCH3 is 1. The van der Waals surface area contributed by atoms with Crippen LogP contribution in [0.3, 0.4) is 0 Å². The van der Waals surface area contributed by atoms with Crippen molar-refractivity contribution in [3.05, 3.63) is 65.9 Å². The molecule has 0 aromatic heterocycles. The molecule has 1 amide bonds. The van der Waals surface area contributed by atoms with E-state index in [9.17, 15) is 4.79 Å². The van der Waals surface area contributed by atoms with Crippen LogP contribution in [0.1, 0.15) is 5.56 Å². The van der Waals surface area contributed by atoms with Crippen LogP contribution in [0.5, 0.6) is 5.75 Å². The number of anilines is 2. The lowest BCUT2D eigenvalue weighted by Crippen LogP contribution is -2.26. The average molecular weight is 294 g/mol. The Morgan fingerprint density at radius 2 is 1.82 bits per heavy atom. The third-order valence-electron chi connectivity index (χ3n) is 3.70. The summed E-state index contributed by atoms with van der Waals surface area (Å²) in [4.78, 5) is 14.0. The second kappa shape index (κ2) is 5.93. The van der Waals surface area contributed by atoms with Crippen LogP contribution < -0.4 is 15.0 Å². The highest BCUT2D eigenvalue weighted by Crippen LogP contribution is 2.28. The molecule has 0 saturated heterocycles. The Morgan fingerprint density at radius 1 is 1.09 bits per heavy atom. The topological polar surface area (TPSA) is 41.6 Å². The Hall–Kier alpha value is -2.75. The predicted molar refractivity (Wildman–Crippen MR) is 88.2 cm³/mol. The van der Waals surface area contributed by atoms with E-state index < -0.39 is 0 Å². The number of nitrogens with one attached hydrogen (secondary N) is 1. The second-order valence-corrected chi connectivity index (χ2v) is 5.21. The van der Waals surface area contributed by atoms with Crippen molar-refractivity contribution in [3.8, 4) is 5.75 Å². The third kappa shape index (κ3) is 2.68. The molecule has 0 aliphatic carbocycles. The number of amides is 1. The van der Waals surface area contributed by atoms with Crippen molar-refractivity contribution in [1.29, 1.82) is 0 Å². The molecular formula is C18H18N2O2. The van der Waals surface area contributed by atoms with Crippen molar-refractivity contribution >= 4 is 17.3 Å². The first kappa shape index (κ1) is 14.2. The molecule has 0 spiro atoms. The molecule has 0 unspecified atom stereocenters. The highest BCUT2D eigenvalue weighted by Gasteiger charge is 2.24. The van der Waals surface area contributed by atoms with Gasteiger partial charge in [0.2, 0.25) is 0 Å². The van der Waals surface area contributed by atoms with Gasteiger partial charge in [0, 0.05) is 17.5 Å². The maximum absolute atomic E-state index is 12.3. The van der Waals surface area contributed by atoms with Crippen molar-refractivity contribution in [2.24, 2.45) is 0 Å². The molecule has 1 aliphatic heterocycles. The minimum atomic E-state index is -0.00769. The Kier molecular flexibility index (Phi) is 3.83. The van der Waals surface area contributed by atoms with Crippen LogP contribution >= 0.6 is 0 Å². The summed E-state index contributed by atoms with van der Waals surface area (Å²) >= 11 is 0. The van der Waals surface area contributed by atoms with Crippen LogP contribution in [-0.2, 0) is 4.79 Å². The van der Waals surface area contributed by atoms with Crippen molar-refractivity contribution in [2.75, 3.05) is 23.9 Å². The van der Waals surface area contributed by atoms with Crippen LogP contribution in [0.2, 0.25) is 0 Å². The molecule has 0 saturated carbocycles. The molecule has 0 atom stereocenters. The van der Waals surface area contributed by atoms with Gasteiger partial charge in [-0.25, -0.2) is 0 Å². The number of carbonyl (C=O) groups is 1. The van der Waals surface area contributed by atoms with Gasteiger partial charge in [0.05, 0.1) is 19.3 Å². The van der Waals surface area contributed by atoms with Gasteiger partial charge in [-0.15, -0.1) is 0 Å². The van der Waals surface area contributed by atoms with Crippen LogP contribution in [0.4, 0.5) is 11.4 Å². The van der Waals surface area contributed by atoms with E-state index >= 15 is 0 Å². The van der Waals surface area contributed by atoms with Gasteiger partial charge in [-0.2, -0.15) is 0 Å². The summed E-state index contributed by atoms with van der Waals surface area (Å²) in [6.07, 6.45) is 1.64. The highest BCUT2D eigenvalue weighted by molar-refractivity contribution is 6.06. The zero-order valence-corrected chi connectivity index (χ0v) is 12.7. The molecule has 0 fully saturated rings. The lowest BCUT2D eigenvalue weighted by Gasteiger charge is -2.19. The lowest BCUT2D eigenvalue weighted by molar-refractivity contribution is -0.113. The molecule has 0 radical (unpaired) electrons. The third-order valence-corrected chi connectivity index (χ3v) is 3.70. The van der Waals surface area contributed by atoms with Crippen molar-refractivity contribution < 1.29 is 9.53 Å². The van der Waals surface area contributed by atoms with Gasteiger partial charge < -0.3 is 15.0 Å². The van der Waals surface area contributed by atoms with E-state index in [1.807, 2.05) is 55.5 Å². The normalized spacial score (nSPS) is 14.0. The Bertz CT molecular complexity index is 737. The molecule has 1 aliphatic rings. The van der Waals surface area contributed by atoms with Crippen molar-refractivity contribution in [2.45, 2.75) is 6.92 Å². The van der Waals surface area contributed by atoms with E-state index in [1.165, 1.54) is 0 Å². The summed E-state index contributed by atoms with van der Waals surface area (Å²) in [5.74, 6) is 0.747. The fourth-order valence-electron chi connectivity index (χ4n) is 2.59. The number of ether oxygens (including phenoxy) is 1. The SMILES string of the molecule is COc1ccccc1NC1=CC(=O)N(c2ccccc2C)C1. The second-order valence-electron chi connectivity index (χ2n) is 5.21. The van der Waals surface area contributed by atoms with Crippen LogP contribution in [0.15, 0.2) is 60.3 Å². The van der Waals surface area contributed by atoms with Crippen LogP contribution in [0, 0.1) is 6.92 Å². The summed E-state index contributed by atoms with van der Waals surface area (Å²) in [6, 6.07) is 15.6. The molecule has 3 rings (SSSR count). The standard InChI is InChI=1S/C18H18N2O2/c1-13-7-3-5-9-16(13)20-12-14(11-18(20)21)19-15-8-4-6-10-17(15)22-2/h3-11,19H,12H2,1-2H3. The summed E-state index contributed by atoms with van der Waals surface area (Å²) in [5, 5.41) is 3.28. The molecule has 2 aromatic carbocycles. The van der Waals surface area contributed by atoms with Crippen LogP contribution in [0.25, 0.3) is 0 Å². The quantitative estimate of drug-likeness (QED) is 0.940. The molecule has 2 aromatic rings. The largest absolute Gasteiger partial charge is 0.495 e. The number of hydrogen-bond donors (Lipinski definition) is 1. The molecule has 1 N–H and O–H groups in total. The maximum Gasteiger partial charge on any atom is 0.253 e. The first-order valence-electron chi connectivity index (χ1n) is 7.17. The van der Waals surface area contributed by atoms with E-state index in [1.54, 1.807) is 18.1 Å². The number of hydrogen-bond acceptors (Lipinski definition) is 3. The number of rotatable bonds is 4. The number of carbonyl (C=O) groups excluding carboxylic acids is 1. The summed E-state index contributed by atoms with van der Waals surface area (Å²) in [7, 11) is 1.63.